The van der Waals surface area contributed by atoms with E-state index in [1.165, 1.54) is 33.2 Å². The van der Waals surface area contributed by atoms with Gasteiger partial charge in [0.1, 0.15) is 0 Å². The van der Waals surface area contributed by atoms with E-state index in [1.807, 2.05) is 23.1 Å². The van der Waals surface area contributed by atoms with Crippen LogP contribution in [-0.2, 0) is 17.6 Å². The lowest BCUT2D eigenvalue weighted by Crippen LogP contribution is -2.47. The van der Waals surface area contributed by atoms with Crippen LogP contribution in [-0.4, -0.2) is 65.1 Å². The summed E-state index contributed by atoms with van der Waals surface area (Å²) in [5.74, 6) is 0.210. The van der Waals surface area contributed by atoms with Crippen LogP contribution in [0.1, 0.15) is 37.0 Å². The minimum Gasteiger partial charge on any atom is -0.396 e. The minimum atomic E-state index is -0.0445. The highest BCUT2D eigenvalue weighted by Crippen LogP contribution is 2.40. The molecule has 0 radical (unpaired) electrons. The molecule has 1 aromatic heterocycles. The molecule has 5 rings (SSSR count). The third-order valence-electron chi connectivity index (χ3n) is 7.13. The van der Waals surface area contributed by atoms with Gasteiger partial charge < -0.3 is 15.0 Å². The van der Waals surface area contributed by atoms with Gasteiger partial charge >= 0.3 is 0 Å². The number of amides is 1. The number of benzene rings is 2. The number of aryl methyl sites for hydroxylation is 1. The van der Waals surface area contributed by atoms with Crippen molar-refractivity contribution < 1.29 is 9.90 Å². The van der Waals surface area contributed by atoms with Crippen LogP contribution in [0.3, 0.4) is 0 Å². The molecular weight excluding hydrogens is 422 g/mol. The van der Waals surface area contributed by atoms with Gasteiger partial charge in [-0.25, -0.2) is 0 Å². The number of hydrogen-bond acceptors (Lipinski definition) is 3. The summed E-state index contributed by atoms with van der Waals surface area (Å²) in [7, 11) is 2.15. The van der Waals surface area contributed by atoms with Crippen molar-refractivity contribution in [3.8, 4) is 0 Å². The van der Waals surface area contributed by atoms with E-state index < -0.39 is 0 Å². The summed E-state index contributed by atoms with van der Waals surface area (Å²) < 4.78 is 0. The summed E-state index contributed by atoms with van der Waals surface area (Å²) in [5.41, 5.74) is 6.51. The minimum absolute atomic E-state index is 0.0445. The number of likely N-dealkylation sites (N-methyl/N-ethyl adjacent to an activating group) is 1. The van der Waals surface area contributed by atoms with E-state index in [0.717, 1.165) is 38.9 Å². The lowest BCUT2D eigenvalue weighted by molar-refractivity contribution is -0.134. The Labute approximate surface area is 203 Å². The molecule has 2 atom stereocenters. The Morgan fingerprint density at radius 1 is 1.12 bits per heavy atom. The molecule has 2 aromatic carbocycles. The molecule has 5 heteroatoms. The molecule has 2 heterocycles. The van der Waals surface area contributed by atoms with Crippen molar-refractivity contribution in [2.75, 3.05) is 33.3 Å². The fourth-order valence-corrected chi connectivity index (χ4v) is 5.30. The maximum atomic E-state index is 12.9. The second-order valence-corrected chi connectivity index (χ2v) is 9.25. The Balaban J connectivity index is 0.000000231. The largest absolute Gasteiger partial charge is 0.396 e. The molecule has 34 heavy (non-hydrogen) atoms. The van der Waals surface area contributed by atoms with Gasteiger partial charge in [0.25, 0.3) is 0 Å². The zero-order chi connectivity index (χ0) is 24.1. The first-order chi connectivity index (χ1) is 16.6. The topological polar surface area (TPSA) is 59.6 Å². The number of nitrogens with one attached hydrogen (secondary N) is 1. The monoisotopic (exact) mass is 459 g/mol. The summed E-state index contributed by atoms with van der Waals surface area (Å²) in [6.45, 7) is 6.75. The number of nitrogens with zero attached hydrogens (tertiary/aromatic N) is 2. The predicted molar refractivity (Wildman–Crippen MR) is 140 cm³/mol. The number of fused-ring (bicyclic) bond motifs is 2. The van der Waals surface area contributed by atoms with Crippen LogP contribution < -0.4 is 0 Å². The first kappa shape index (κ1) is 24.2. The molecule has 3 aromatic rings. The molecule has 1 aliphatic heterocycles. The van der Waals surface area contributed by atoms with Gasteiger partial charge in [-0.3, -0.25) is 9.69 Å². The molecular formula is C29H37N3O2. The second-order valence-electron chi connectivity index (χ2n) is 9.25. The van der Waals surface area contributed by atoms with Gasteiger partial charge in [-0.15, -0.1) is 0 Å². The summed E-state index contributed by atoms with van der Waals surface area (Å²) in [5, 5.41) is 9.86. The Bertz CT molecular complexity index is 1130. The maximum absolute atomic E-state index is 12.9. The van der Waals surface area contributed by atoms with Crippen molar-refractivity contribution >= 4 is 22.4 Å². The van der Waals surface area contributed by atoms with E-state index in [4.69, 9.17) is 5.11 Å². The number of carbonyl (C=O) groups excluding carboxylic acids is 1. The van der Waals surface area contributed by atoms with Crippen molar-refractivity contribution in [3.63, 3.8) is 0 Å². The van der Waals surface area contributed by atoms with E-state index in [9.17, 15) is 4.79 Å². The molecule has 0 fully saturated rings. The van der Waals surface area contributed by atoms with Gasteiger partial charge in [0, 0.05) is 49.4 Å². The quantitative estimate of drug-likeness (QED) is 0.570. The third-order valence-corrected chi connectivity index (χ3v) is 7.13. The number of rotatable bonds is 6. The SMILES string of the molecule is CCN(CC)C(=O)[C@@H]1C=C2c3cccc4[nH]cc(c34)C[C@H]2N(C)C1.OCCCc1ccccc1. The van der Waals surface area contributed by atoms with Gasteiger partial charge in [-0.2, -0.15) is 0 Å². The second kappa shape index (κ2) is 11.0. The molecule has 5 nitrogen and oxygen atoms in total. The number of H-pyrrole nitrogens is 1. The van der Waals surface area contributed by atoms with Crippen molar-refractivity contribution in [2.24, 2.45) is 5.92 Å². The summed E-state index contributed by atoms with van der Waals surface area (Å²) in [4.78, 5) is 20.6. The Hall–Kier alpha value is -2.89. The Morgan fingerprint density at radius 3 is 2.59 bits per heavy atom. The molecule has 2 aliphatic rings. The lowest BCUT2D eigenvalue weighted by Gasteiger charge is -2.40. The first-order valence-electron chi connectivity index (χ1n) is 12.5. The number of hydrogen-bond donors (Lipinski definition) is 2. The number of aromatic nitrogens is 1. The van der Waals surface area contributed by atoms with Gasteiger partial charge in [-0.05, 0) is 68.5 Å². The van der Waals surface area contributed by atoms with Crippen LogP contribution in [0.2, 0.25) is 0 Å². The molecule has 0 saturated heterocycles. The molecule has 0 bridgehead atoms. The highest BCUT2D eigenvalue weighted by molar-refractivity contribution is 5.99. The fraction of sp³-hybridized carbons (Fsp3) is 0.414. The van der Waals surface area contributed by atoms with Crippen molar-refractivity contribution in [2.45, 2.75) is 39.2 Å². The highest BCUT2D eigenvalue weighted by Gasteiger charge is 2.36. The number of carbonyl (C=O) groups is 1. The molecule has 1 aliphatic carbocycles. The van der Waals surface area contributed by atoms with E-state index >= 15 is 0 Å². The average Bonchev–Trinajstić information content (AvgIpc) is 3.29. The fourth-order valence-electron chi connectivity index (χ4n) is 5.30. The van der Waals surface area contributed by atoms with Gasteiger partial charge in [0.2, 0.25) is 5.91 Å². The number of aliphatic hydroxyl groups excluding tert-OH is 1. The Kier molecular flexibility index (Phi) is 7.86. The molecule has 1 amide bonds. The molecule has 0 unspecified atom stereocenters. The van der Waals surface area contributed by atoms with Gasteiger partial charge in [0.15, 0.2) is 0 Å². The average molecular weight is 460 g/mol. The van der Waals surface area contributed by atoms with Crippen LogP contribution in [0, 0.1) is 5.92 Å². The summed E-state index contributed by atoms with van der Waals surface area (Å²) >= 11 is 0. The van der Waals surface area contributed by atoms with Crippen LogP contribution in [0.4, 0.5) is 0 Å². The zero-order valence-electron chi connectivity index (χ0n) is 20.6. The maximum Gasteiger partial charge on any atom is 0.230 e. The van der Waals surface area contributed by atoms with Crippen molar-refractivity contribution in [3.05, 3.63) is 77.5 Å². The van der Waals surface area contributed by atoms with Gasteiger partial charge in [-0.1, -0.05) is 48.5 Å². The van der Waals surface area contributed by atoms with Crippen LogP contribution in [0.25, 0.3) is 16.5 Å². The van der Waals surface area contributed by atoms with E-state index in [-0.39, 0.29) is 18.4 Å². The normalized spacial score (nSPS) is 19.1. The Morgan fingerprint density at radius 2 is 1.88 bits per heavy atom. The number of aromatic amines is 1. The molecule has 180 valence electrons. The standard InChI is InChI=1S/C20H25N3O.C9H12O/c1-4-23(5-2)20(24)14-9-16-15-7-6-8-17-19(15)13(11-21-17)10-18(16)22(3)12-14;10-8-4-7-9-5-2-1-3-6-9/h6-9,11,14,18,21H,4-5,10,12H2,1-3H3;1-3,5-6,10H,4,7-8H2/t14-,18-;/m1./s1. The lowest BCUT2D eigenvalue weighted by atomic mass is 9.79. The van der Waals surface area contributed by atoms with Crippen LogP contribution in [0.15, 0.2) is 60.8 Å². The molecule has 0 saturated carbocycles. The van der Waals surface area contributed by atoms with Crippen LogP contribution in [0.5, 0.6) is 0 Å². The zero-order valence-corrected chi connectivity index (χ0v) is 20.6. The van der Waals surface area contributed by atoms with E-state index in [2.05, 4.69) is 73.4 Å². The third kappa shape index (κ3) is 4.96. The van der Waals surface area contributed by atoms with Gasteiger partial charge in [0.05, 0.1) is 5.92 Å². The highest BCUT2D eigenvalue weighted by atomic mass is 16.2. The van der Waals surface area contributed by atoms with Crippen LogP contribution >= 0.6 is 0 Å². The predicted octanol–water partition coefficient (Wildman–Crippen LogP) is 4.52. The van der Waals surface area contributed by atoms with E-state index in [0.29, 0.717) is 6.04 Å². The summed E-state index contributed by atoms with van der Waals surface area (Å²) in [6.07, 6.45) is 7.26. The number of aliphatic hydroxyl groups is 1. The van der Waals surface area contributed by atoms with E-state index in [1.54, 1.807) is 0 Å². The molecule has 2 N–H and O–H groups in total. The smallest absolute Gasteiger partial charge is 0.230 e. The van der Waals surface area contributed by atoms with Crippen molar-refractivity contribution in [1.82, 2.24) is 14.8 Å². The summed E-state index contributed by atoms with van der Waals surface area (Å²) in [6, 6.07) is 17.0. The molecule has 0 spiro atoms. The van der Waals surface area contributed by atoms with Crippen molar-refractivity contribution in [1.29, 1.82) is 0 Å². The first-order valence-corrected chi connectivity index (χ1v) is 12.5.